The van der Waals surface area contributed by atoms with Gasteiger partial charge in [0, 0.05) is 30.2 Å². The highest BCUT2D eigenvalue weighted by Crippen LogP contribution is 2.41. The summed E-state index contributed by atoms with van der Waals surface area (Å²) in [7, 11) is -1.52. The molecule has 0 aliphatic carbocycles. The third-order valence-corrected chi connectivity index (χ3v) is 10.2. The molecule has 1 atom stereocenters. The molecule has 5 aromatic rings. The van der Waals surface area contributed by atoms with E-state index in [1.54, 1.807) is 42.7 Å². The molecule has 0 amide bonds. The first-order valence-electron chi connectivity index (χ1n) is 15.6. The normalized spacial score (nSPS) is 15.9. The Hall–Kier alpha value is -4.58. The van der Waals surface area contributed by atoms with Gasteiger partial charge in [-0.15, -0.1) is 0 Å². The summed E-state index contributed by atoms with van der Waals surface area (Å²) >= 11 is 6.55. The first-order chi connectivity index (χ1) is 23.2. The van der Waals surface area contributed by atoms with Gasteiger partial charge < -0.3 is 19.7 Å². The zero-order valence-corrected chi connectivity index (χ0v) is 27.9. The molecule has 2 aromatic heterocycles. The summed E-state index contributed by atoms with van der Waals surface area (Å²) < 4.78 is 51.0. The molecule has 48 heavy (non-hydrogen) atoms. The van der Waals surface area contributed by atoms with Crippen LogP contribution in [-0.2, 0) is 26.8 Å². The fraction of sp³-hybridized carbons (Fsp3) is 0.250. The van der Waals surface area contributed by atoms with E-state index in [1.807, 2.05) is 36.2 Å². The molecule has 12 heteroatoms. The minimum absolute atomic E-state index is 0.0000383. The first-order valence-corrected chi connectivity index (χ1v) is 17.6. The van der Waals surface area contributed by atoms with Crippen molar-refractivity contribution in [2.24, 2.45) is 0 Å². The van der Waals surface area contributed by atoms with Gasteiger partial charge in [-0.25, -0.2) is 27.8 Å². The van der Waals surface area contributed by atoms with E-state index in [9.17, 15) is 12.8 Å². The number of anilines is 2. The van der Waals surface area contributed by atoms with Crippen LogP contribution in [-0.4, -0.2) is 54.2 Å². The van der Waals surface area contributed by atoms with Crippen LogP contribution in [0.1, 0.15) is 30.4 Å². The molecule has 0 saturated heterocycles. The van der Waals surface area contributed by atoms with E-state index in [0.29, 0.717) is 47.4 Å². The van der Waals surface area contributed by atoms with Crippen molar-refractivity contribution in [1.82, 2.24) is 19.9 Å². The minimum Gasteiger partial charge on any atom is -0.490 e. The molecule has 0 bridgehead atoms. The van der Waals surface area contributed by atoms with Crippen LogP contribution in [0.3, 0.4) is 0 Å². The molecule has 1 aliphatic heterocycles. The number of halogens is 2. The van der Waals surface area contributed by atoms with Crippen LogP contribution in [0, 0.1) is 5.82 Å². The van der Waals surface area contributed by atoms with Crippen LogP contribution in [0.15, 0.2) is 109 Å². The summed E-state index contributed by atoms with van der Waals surface area (Å²) in [6.07, 6.45) is 9.00. The molecule has 0 saturated carbocycles. The molecule has 248 valence electrons. The maximum absolute atomic E-state index is 13.5. The van der Waals surface area contributed by atoms with Crippen molar-refractivity contribution in [2.45, 2.75) is 36.5 Å². The fourth-order valence-corrected chi connectivity index (χ4v) is 7.18. The van der Waals surface area contributed by atoms with Crippen molar-refractivity contribution in [1.29, 1.82) is 0 Å². The lowest BCUT2D eigenvalue weighted by Crippen LogP contribution is -2.30. The second-order valence-electron chi connectivity index (χ2n) is 11.7. The summed E-state index contributed by atoms with van der Waals surface area (Å²) in [5, 5.41) is 4.69. The van der Waals surface area contributed by atoms with Crippen molar-refractivity contribution in [2.75, 3.05) is 31.2 Å². The zero-order valence-electron chi connectivity index (χ0n) is 26.4. The van der Waals surface area contributed by atoms with Crippen molar-refractivity contribution < 1.29 is 22.3 Å². The standard InChI is InChI=1S/C36H35ClFN5O4S/c1-43(18-20-48(44,45)34-9-2-3-16-39-34)17-5-14-36(15-6-19-47-36)27-10-12-32-30(22-27)35(41-25-40-32)42-29-11-13-33(31(37)23-29)46-24-26-7-4-8-28(38)21-26/h2-4,6-13,16,19,21-23,25H,5,14-15,17-18,20,24H2,1H3,(H,40,41,42). The van der Waals surface area contributed by atoms with Gasteiger partial charge in [0.15, 0.2) is 14.9 Å². The number of aromatic nitrogens is 3. The average molecular weight is 688 g/mol. The average Bonchev–Trinajstić information content (AvgIpc) is 3.57. The number of nitrogens with one attached hydrogen (secondary N) is 1. The van der Waals surface area contributed by atoms with Crippen LogP contribution >= 0.6 is 11.6 Å². The molecule has 6 rings (SSSR count). The highest BCUT2D eigenvalue weighted by atomic mass is 35.5. The Kier molecular flexibility index (Phi) is 10.2. The molecule has 1 aliphatic rings. The molecule has 3 aromatic carbocycles. The second kappa shape index (κ2) is 14.7. The number of hydrogen-bond donors (Lipinski definition) is 1. The lowest BCUT2D eigenvalue weighted by Gasteiger charge is -2.30. The fourth-order valence-electron chi connectivity index (χ4n) is 5.67. The van der Waals surface area contributed by atoms with E-state index in [1.165, 1.54) is 30.7 Å². The summed E-state index contributed by atoms with van der Waals surface area (Å²) in [5.74, 6) is 0.773. The predicted octanol–water partition coefficient (Wildman–Crippen LogP) is 7.46. The third kappa shape index (κ3) is 7.92. The van der Waals surface area contributed by atoms with Crippen molar-refractivity contribution in [3.63, 3.8) is 0 Å². The molecule has 0 radical (unpaired) electrons. The Labute approximate surface area is 284 Å². The maximum Gasteiger partial charge on any atom is 0.196 e. The van der Waals surface area contributed by atoms with E-state index in [4.69, 9.17) is 21.1 Å². The van der Waals surface area contributed by atoms with Gasteiger partial charge in [0.2, 0.25) is 0 Å². The maximum atomic E-state index is 13.5. The van der Waals surface area contributed by atoms with Gasteiger partial charge in [0.1, 0.15) is 35.9 Å². The molecule has 3 heterocycles. The topological polar surface area (TPSA) is 107 Å². The summed E-state index contributed by atoms with van der Waals surface area (Å²) in [5.41, 5.74) is 2.62. The summed E-state index contributed by atoms with van der Waals surface area (Å²) in [4.78, 5) is 15.0. The van der Waals surface area contributed by atoms with Crippen LogP contribution in [0.2, 0.25) is 5.02 Å². The Morgan fingerprint density at radius 1 is 1.02 bits per heavy atom. The zero-order chi connectivity index (χ0) is 33.6. The monoisotopic (exact) mass is 687 g/mol. The number of sulfone groups is 1. The molecular formula is C36H35ClFN5O4S. The van der Waals surface area contributed by atoms with Gasteiger partial charge in [0.05, 0.1) is 22.6 Å². The van der Waals surface area contributed by atoms with Crippen LogP contribution in [0.5, 0.6) is 5.75 Å². The molecule has 1 unspecified atom stereocenters. The highest BCUT2D eigenvalue weighted by molar-refractivity contribution is 7.91. The Morgan fingerprint density at radius 2 is 1.92 bits per heavy atom. The smallest absolute Gasteiger partial charge is 0.196 e. The van der Waals surface area contributed by atoms with Crippen LogP contribution in [0.25, 0.3) is 10.9 Å². The van der Waals surface area contributed by atoms with Gasteiger partial charge in [-0.05, 0) is 98.2 Å². The number of rotatable bonds is 14. The lowest BCUT2D eigenvalue weighted by atomic mass is 9.86. The van der Waals surface area contributed by atoms with E-state index in [0.717, 1.165) is 29.3 Å². The van der Waals surface area contributed by atoms with Gasteiger partial charge in [-0.1, -0.05) is 35.9 Å². The SMILES string of the molecule is CN(CCCC1(c2ccc3ncnc(Nc4ccc(OCc5cccc(F)c5)c(Cl)c4)c3c2)CC=CO1)CCS(=O)(=O)c1ccccn1. The Balaban J connectivity index is 1.12. The van der Waals surface area contributed by atoms with Crippen molar-refractivity contribution in [3.05, 3.63) is 126 Å². The summed E-state index contributed by atoms with van der Waals surface area (Å²) in [6, 6.07) is 22.6. The van der Waals surface area contributed by atoms with Gasteiger partial charge >= 0.3 is 0 Å². The van der Waals surface area contributed by atoms with Gasteiger partial charge in [-0.3, -0.25) is 0 Å². The Morgan fingerprint density at radius 3 is 2.69 bits per heavy atom. The molecular weight excluding hydrogens is 653 g/mol. The Bertz CT molecular complexity index is 2020. The lowest BCUT2D eigenvalue weighted by molar-refractivity contribution is 0.0285. The predicted molar refractivity (Wildman–Crippen MR) is 185 cm³/mol. The molecule has 0 fully saturated rings. The number of pyridine rings is 1. The molecule has 0 spiro atoms. The van der Waals surface area contributed by atoms with E-state index >= 15 is 0 Å². The molecule has 1 N–H and O–H groups in total. The van der Waals surface area contributed by atoms with E-state index < -0.39 is 15.4 Å². The highest BCUT2D eigenvalue weighted by Gasteiger charge is 2.35. The third-order valence-electron chi connectivity index (χ3n) is 8.30. The largest absolute Gasteiger partial charge is 0.490 e. The van der Waals surface area contributed by atoms with E-state index in [-0.39, 0.29) is 23.2 Å². The van der Waals surface area contributed by atoms with Crippen LogP contribution in [0.4, 0.5) is 15.9 Å². The minimum atomic E-state index is -3.45. The molecule has 9 nitrogen and oxygen atoms in total. The number of benzene rings is 3. The van der Waals surface area contributed by atoms with Crippen molar-refractivity contribution in [3.8, 4) is 5.75 Å². The van der Waals surface area contributed by atoms with Gasteiger partial charge in [0.25, 0.3) is 0 Å². The first kappa shape index (κ1) is 33.3. The van der Waals surface area contributed by atoms with Crippen LogP contribution < -0.4 is 10.1 Å². The van der Waals surface area contributed by atoms with Gasteiger partial charge in [-0.2, -0.15) is 0 Å². The number of hydrogen-bond acceptors (Lipinski definition) is 9. The quantitative estimate of drug-likeness (QED) is 0.127. The number of ether oxygens (including phenoxy) is 2. The summed E-state index contributed by atoms with van der Waals surface area (Å²) in [6.45, 7) is 1.29. The van der Waals surface area contributed by atoms with E-state index in [2.05, 4.69) is 26.3 Å². The second-order valence-corrected chi connectivity index (χ2v) is 14.2. The number of fused-ring (bicyclic) bond motifs is 1. The number of nitrogens with zero attached hydrogens (tertiary/aromatic N) is 4. The van der Waals surface area contributed by atoms with Crippen molar-refractivity contribution >= 4 is 43.8 Å².